The molecule has 3 saturated carbocycles. The molecule has 0 radical (unpaired) electrons. The van der Waals surface area contributed by atoms with Gasteiger partial charge in [0, 0.05) is 56.3 Å². The fraction of sp³-hybridized carbons (Fsp3) is 0.750. The van der Waals surface area contributed by atoms with Crippen molar-refractivity contribution < 1.29 is 36.4 Å². The van der Waals surface area contributed by atoms with E-state index in [1.165, 1.54) is 11.8 Å². The first kappa shape index (κ1) is 29.9. The zero-order chi connectivity index (χ0) is 28.9. The number of aliphatic carboxylic acids is 1. The molecular weight excluding hydrogens is 568 g/mol. The third-order valence-corrected chi connectivity index (χ3v) is 11.8. The Labute approximate surface area is 239 Å². The zero-order valence-corrected chi connectivity index (χ0v) is 24.6. The Morgan fingerprint density at radius 1 is 1.20 bits per heavy atom. The summed E-state index contributed by atoms with van der Waals surface area (Å²) in [6, 6.07) is 3.32. The molecule has 1 N–H and O–H groups in total. The summed E-state index contributed by atoms with van der Waals surface area (Å²) in [5.41, 5.74) is -0.263. The van der Waals surface area contributed by atoms with Gasteiger partial charge >= 0.3 is 5.97 Å². The fourth-order valence-corrected chi connectivity index (χ4v) is 8.94. The van der Waals surface area contributed by atoms with Crippen LogP contribution in [0.2, 0.25) is 0 Å². The van der Waals surface area contributed by atoms with Crippen molar-refractivity contribution in [2.24, 2.45) is 5.41 Å². The predicted octanol–water partition coefficient (Wildman–Crippen LogP) is 6.73. The molecule has 4 aliphatic rings. The van der Waals surface area contributed by atoms with Crippen LogP contribution in [0.25, 0.3) is 0 Å². The first-order valence-corrected chi connectivity index (χ1v) is 16.1. The lowest BCUT2D eigenvalue weighted by Crippen LogP contribution is -2.44. The third-order valence-electron chi connectivity index (χ3n) is 9.00. The molecule has 0 bridgehead atoms. The number of carbonyl (C=O) groups is 1. The lowest BCUT2D eigenvalue weighted by Gasteiger charge is -2.38. The number of alkyl halides is 4. The van der Waals surface area contributed by atoms with E-state index in [1.807, 2.05) is 6.07 Å². The van der Waals surface area contributed by atoms with Crippen molar-refractivity contribution in [1.82, 2.24) is 4.31 Å². The van der Waals surface area contributed by atoms with E-state index in [0.29, 0.717) is 34.9 Å². The Morgan fingerprint density at radius 2 is 1.88 bits per heavy atom. The summed E-state index contributed by atoms with van der Waals surface area (Å²) in [6.45, 7) is 1.27. The van der Waals surface area contributed by atoms with E-state index in [9.17, 15) is 31.7 Å². The highest BCUT2D eigenvalue weighted by atomic mass is 32.2. The van der Waals surface area contributed by atoms with Crippen LogP contribution in [0.1, 0.15) is 77.6 Å². The summed E-state index contributed by atoms with van der Waals surface area (Å²) in [6.07, 6.45) is 5.10. The van der Waals surface area contributed by atoms with E-state index in [-0.39, 0.29) is 49.6 Å². The molecule has 2 atom stereocenters. The molecule has 1 aromatic carbocycles. The van der Waals surface area contributed by atoms with E-state index in [0.717, 1.165) is 44.7 Å². The topological polar surface area (TPSA) is 70.1 Å². The largest absolute Gasteiger partial charge is 0.491 e. The maximum absolute atomic E-state index is 13.9. The summed E-state index contributed by atoms with van der Waals surface area (Å²) in [5, 5.41) is 9.48. The van der Waals surface area contributed by atoms with E-state index < -0.39 is 34.2 Å². The number of likely N-dealkylation sites (N-methyl/N-ethyl adjacent to an activating group) is 1. The number of nitrogens with zero attached hydrogens (tertiary/aromatic N) is 2. The lowest BCUT2D eigenvalue weighted by molar-refractivity contribution is -0.157. The fourth-order valence-electron chi connectivity index (χ4n) is 6.19. The molecule has 3 aliphatic carbocycles. The molecule has 6 nitrogen and oxygen atoms in total. The summed E-state index contributed by atoms with van der Waals surface area (Å²) >= 11 is 1.29. The van der Waals surface area contributed by atoms with Crippen LogP contribution < -0.4 is 9.64 Å². The molecule has 224 valence electrons. The van der Waals surface area contributed by atoms with Gasteiger partial charge in [-0.3, -0.25) is 4.79 Å². The van der Waals surface area contributed by atoms with Gasteiger partial charge in [-0.15, -0.1) is 11.8 Å². The van der Waals surface area contributed by atoms with Gasteiger partial charge in [-0.25, -0.2) is 26.1 Å². The molecule has 1 aromatic rings. The number of rotatable bonds is 10. The van der Waals surface area contributed by atoms with E-state index in [2.05, 4.69) is 4.90 Å². The number of carboxylic acids is 1. The molecule has 12 heteroatoms. The Kier molecular flexibility index (Phi) is 8.44. The second-order valence-corrected chi connectivity index (χ2v) is 15.0. The van der Waals surface area contributed by atoms with Gasteiger partial charge in [-0.05, 0) is 45.1 Å². The number of hydrogen-bond acceptors (Lipinski definition) is 5. The Hall–Kier alpha value is -1.53. The first-order valence-electron chi connectivity index (χ1n) is 14.1. The van der Waals surface area contributed by atoms with Crippen molar-refractivity contribution >= 4 is 34.4 Å². The molecule has 0 amide bonds. The van der Waals surface area contributed by atoms with Crippen LogP contribution in [0.15, 0.2) is 21.9 Å². The summed E-state index contributed by atoms with van der Waals surface area (Å²) in [4.78, 5) is 15.3. The smallest absolute Gasteiger partial charge is 0.313 e. The summed E-state index contributed by atoms with van der Waals surface area (Å²) in [5.74, 6) is -6.11. The van der Waals surface area contributed by atoms with Gasteiger partial charge in [0.1, 0.15) is 28.8 Å². The van der Waals surface area contributed by atoms with E-state index >= 15 is 0 Å². The van der Waals surface area contributed by atoms with Gasteiger partial charge in [0.25, 0.3) is 0 Å². The minimum atomic E-state index is -2.84. The number of hydrogen-bond donors (Lipinski definition) is 1. The van der Waals surface area contributed by atoms with Crippen molar-refractivity contribution in [2.75, 3.05) is 25.1 Å². The SMILES string of the molecule is CN1C(CCC(C)(F)F)CN(C2CCCC2)c2cc(SC3CC(F)(F)C3)c(OCC3(C(=O)O)CCC3)cc2S1=O. The zero-order valence-electron chi connectivity index (χ0n) is 23.0. The van der Waals surface area contributed by atoms with Crippen LogP contribution in [0.4, 0.5) is 23.2 Å². The lowest BCUT2D eigenvalue weighted by atomic mass is 9.69. The highest BCUT2D eigenvalue weighted by Crippen LogP contribution is 2.51. The second kappa shape index (κ2) is 11.3. The molecule has 0 spiro atoms. The van der Waals surface area contributed by atoms with Gasteiger partial charge in [0.15, 0.2) is 0 Å². The molecule has 5 rings (SSSR count). The Morgan fingerprint density at radius 3 is 2.42 bits per heavy atom. The van der Waals surface area contributed by atoms with Gasteiger partial charge in [-0.1, -0.05) is 19.3 Å². The van der Waals surface area contributed by atoms with E-state index in [1.54, 1.807) is 17.4 Å². The number of carboxylic acid groups (broad SMARTS) is 1. The van der Waals surface area contributed by atoms with Crippen molar-refractivity contribution in [2.45, 2.75) is 117 Å². The molecule has 3 fully saturated rings. The van der Waals surface area contributed by atoms with Crippen LogP contribution in [0, 0.1) is 5.41 Å². The molecule has 1 heterocycles. The number of benzene rings is 1. The Bertz CT molecular complexity index is 1130. The number of ether oxygens (including phenoxy) is 1. The molecule has 0 aromatic heterocycles. The minimum Gasteiger partial charge on any atom is -0.491 e. The standard InChI is InChI=1S/C28H38F4N2O4S2/c1-26(29,30)11-8-19-16-34(18-6-3-4-7-18)21-12-23(39-20-14-28(31,32)15-20)22(13-24(21)40(37)33(19)2)38-17-27(25(35)36)9-5-10-27/h12-13,18-20H,3-11,14-17H2,1-2H3,(H,35,36). The van der Waals surface area contributed by atoms with Gasteiger partial charge in [-0.2, -0.15) is 0 Å². The number of fused-ring (bicyclic) bond motifs is 1. The van der Waals surface area contributed by atoms with Crippen molar-refractivity contribution in [1.29, 1.82) is 0 Å². The molecule has 2 unspecified atom stereocenters. The minimum absolute atomic E-state index is 0.0570. The predicted molar refractivity (Wildman–Crippen MR) is 147 cm³/mol. The van der Waals surface area contributed by atoms with Crippen LogP contribution in [0.5, 0.6) is 5.75 Å². The van der Waals surface area contributed by atoms with Gasteiger partial charge in [0.2, 0.25) is 11.8 Å². The van der Waals surface area contributed by atoms with Crippen molar-refractivity contribution in [3.05, 3.63) is 12.1 Å². The van der Waals surface area contributed by atoms with Crippen LogP contribution >= 0.6 is 11.8 Å². The average molecular weight is 607 g/mol. The van der Waals surface area contributed by atoms with Crippen molar-refractivity contribution in [3.8, 4) is 5.75 Å². The molecule has 0 saturated heterocycles. The van der Waals surface area contributed by atoms with Gasteiger partial charge in [0.05, 0.1) is 15.5 Å². The second-order valence-electron chi connectivity index (χ2n) is 12.1. The molecule has 1 aliphatic heterocycles. The highest BCUT2D eigenvalue weighted by Gasteiger charge is 2.47. The number of halogens is 4. The normalized spacial score (nSPS) is 27.0. The van der Waals surface area contributed by atoms with Crippen LogP contribution in [0.3, 0.4) is 0 Å². The molecule has 40 heavy (non-hydrogen) atoms. The average Bonchev–Trinajstić information content (AvgIpc) is 3.33. The maximum atomic E-state index is 13.9. The number of anilines is 1. The number of thioether (sulfide) groups is 1. The van der Waals surface area contributed by atoms with Crippen LogP contribution in [-0.2, 0) is 15.8 Å². The van der Waals surface area contributed by atoms with Crippen molar-refractivity contribution in [3.63, 3.8) is 0 Å². The Balaban J connectivity index is 1.51. The van der Waals surface area contributed by atoms with Gasteiger partial charge < -0.3 is 14.7 Å². The molecular formula is C28H38F4N2O4S2. The summed E-state index contributed by atoms with van der Waals surface area (Å²) < 4.78 is 76.8. The quantitative estimate of drug-likeness (QED) is 0.298. The summed E-state index contributed by atoms with van der Waals surface area (Å²) in [7, 11) is -0.00359. The van der Waals surface area contributed by atoms with Crippen LogP contribution in [-0.4, -0.2) is 69.0 Å². The third kappa shape index (κ3) is 6.28. The monoisotopic (exact) mass is 606 g/mol. The highest BCUT2D eigenvalue weighted by molar-refractivity contribution is 8.00. The first-order chi connectivity index (χ1) is 18.8. The maximum Gasteiger partial charge on any atom is 0.313 e. The van der Waals surface area contributed by atoms with E-state index in [4.69, 9.17) is 4.74 Å².